The third kappa shape index (κ3) is 3.92. The summed E-state index contributed by atoms with van der Waals surface area (Å²) in [7, 11) is 2.03. The van der Waals surface area contributed by atoms with E-state index in [4.69, 9.17) is 11.6 Å². The zero-order chi connectivity index (χ0) is 20.0. The normalized spacial score (nSPS) is 23.5. The predicted molar refractivity (Wildman–Crippen MR) is 125 cm³/mol. The molecule has 0 amide bonds. The minimum Gasteiger partial charge on any atom is -0.305 e. The molecule has 29 heavy (non-hydrogen) atoms. The van der Waals surface area contributed by atoms with Crippen molar-refractivity contribution in [3.05, 3.63) is 50.8 Å². The van der Waals surface area contributed by atoms with Crippen molar-refractivity contribution in [3.8, 4) is 10.7 Å². The highest BCUT2D eigenvalue weighted by Gasteiger charge is 2.60. The van der Waals surface area contributed by atoms with Gasteiger partial charge in [0.25, 0.3) is 0 Å². The number of thioether (sulfide) groups is 1. The van der Waals surface area contributed by atoms with Gasteiger partial charge < -0.3 is 9.47 Å². The van der Waals surface area contributed by atoms with Crippen LogP contribution in [-0.2, 0) is 12.5 Å². The number of nitrogens with zero attached hydrogens (tertiary/aromatic N) is 4. The zero-order valence-corrected chi connectivity index (χ0v) is 20.1. The molecule has 1 saturated heterocycles. The van der Waals surface area contributed by atoms with Crippen LogP contribution in [-0.4, -0.2) is 45.1 Å². The first kappa shape index (κ1) is 20.1. The van der Waals surface area contributed by atoms with Crippen LogP contribution in [0.25, 0.3) is 10.7 Å². The van der Waals surface area contributed by atoms with Crippen LogP contribution in [0.1, 0.15) is 18.4 Å². The molecule has 3 heterocycles. The van der Waals surface area contributed by atoms with Crippen LogP contribution in [0.15, 0.2) is 46.0 Å². The second-order valence-electron chi connectivity index (χ2n) is 7.97. The van der Waals surface area contributed by atoms with Gasteiger partial charge in [0.15, 0.2) is 11.0 Å². The van der Waals surface area contributed by atoms with Crippen molar-refractivity contribution in [1.82, 2.24) is 19.7 Å². The van der Waals surface area contributed by atoms with E-state index in [1.165, 1.54) is 42.8 Å². The van der Waals surface area contributed by atoms with Crippen molar-refractivity contribution in [2.45, 2.75) is 23.4 Å². The van der Waals surface area contributed by atoms with Crippen LogP contribution in [0.4, 0.5) is 0 Å². The number of hydrogen-bond donors (Lipinski definition) is 0. The molecule has 2 aromatic heterocycles. The molecule has 8 heteroatoms. The molecule has 1 saturated carbocycles. The Balaban J connectivity index is 1.12. The molecule has 2 fully saturated rings. The third-order valence-electron chi connectivity index (χ3n) is 6.11. The lowest BCUT2D eigenvalue weighted by atomic mass is 9.95. The summed E-state index contributed by atoms with van der Waals surface area (Å²) in [5, 5.41) is 9.69. The molecule has 1 aliphatic carbocycles. The summed E-state index contributed by atoms with van der Waals surface area (Å²) in [6.45, 7) is 3.61. The van der Waals surface area contributed by atoms with Gasteiger partial charge >= 0.3 is 0 Å². The largest absolute Gasteiger partial charge is 0.305 e. The van der Waals surface area contributed by atoms with Crippen LogP contribution in [0, 0.1) is 5.92 Å². The number of thiophene rings is 1. The van der Waals surface area contributed by atoms with E-state index in [2.05, 4.69) is 59.9 Å². The number of rotatable bonds is 7. The first-order valence-corrected chi connectivity index (χ1v) is 12.8. The van der Waals surface area contributed by atoms with Gasteiger partial charge in [0, 0.05) is 35.8 Å². The highest BCUT2D eigenvalue weighted by atomic mass is 79.9. The number of aromatic nitrogens is 3. The van der Waals surface area contributed by atoms with Gasteiger partial charge in [-0.15, -0.1) is 21.5 Å². The zero-order valence-electron chi connectivity index (χ0n) is 16.1. The Bertz CT molecular complexity index is 1020. The second kappa shape index (κ2) is 8.00. The molecular weight excluding hydrogens is 488 g/mol. The minimum absolute atomic E-state index is 0.425. The highest BCUT2D eigenvalue weighted by molar-refractivity contribution is 9.10. The van der Waals surface area contributed by atoms with Crippen molar-refractivity contribution < 1.29 is 0 Å². The average Bonchev–Trinajstić information content (AvgIpc) is 3.03. The fourth-order valence-corrected chi connectivity index (χ4v) is 6.69. The lowest BCUT2D eigenvalue weighted by Crippen LogP contribution is -2.27. The van der Waals surface area contributed by atoms with Crippen molar-refractivity contribution >= 4 is 50.6 Å². The summed E-state index contributed by atoms with van der Waals surface area (Å²) < 4.78 is 4.01. The molecular formula is C21H22BrClN4S2. The van der Waals surface area contributed by atoms with Crippen LogP contribution < -0.4 is 0 Å². The molecule has 4 nitrogen and oxygen atoms in total. The van der Waals surface area contributed by atoms with Crippen LogP contribution in [0.5, 0.6) is 0 Å². The maximum absolute atomic E-state index is 6.05. The topological polar surface area (TPSA) is 34.0 Å². The number of likely N-dealkylation sites (tertiary alicyclic amines) is 1. The molecule has 2 atom stereocenters. The van der Waals surface area contributed by atoms with Crippen molar-refractivity contribution in [2.75, 3.05) is 25.4 Å². The van der Waals surface area contributed by atoms with Crippen LogP contribution in [0.2, 0.25) is 4.34 Å². The first-order chi connectivity index (χ1) is 14.0. The molecule has 5 rings (SSSR count). The van der Waals surface area contributed by atoms with E-state index in [1.807, 2.05) is 19.2 Å². The van der Waals surface area contributed by atoms with Gasteiger partial charge in [-0.05, 0) is 55.1 Å². The van der Waals surface area contributed by atoms with E-state index in [1.54, 1.807) is 11.8 Å². The summed E-state index contributed by atoms with van der Waals surface area (Å²) >= 11 is 12.9. The van der Waals surface area contributed by atoms with E-state index < -0.39 is 0 Å². The Hall–Kier alpha value is -0.860. The van der Waals surface area contributed by atoms with Gasteiger partial charge in [0.1, 0.15) is 0 Å². The molecule has 0 unspecified atom stereocenters. The maximum atomic E-state index is 6.05. The van der Waals surface area contributed by atoms with Gasteiger partial charge in [-0.2, -0.15) is 0 Å². The first-order valence-electron chi connectivity index (χ1n) is 9.81. The third-order valence-corrected chi connectivity index (χ3v) is 8.98. The number of hydrogen-bond acceptors (Lipinski definition) is 5. The molecule has 1 aromatic carbocycles. The average molecular weight is 510 g/mol. The van der Waals surface area contributed by atoms with Gasteiger partial charge in [0.05, 0.1) is 9.21 Å². The number of benzene rings is 1. The van der Waals surface area contributed by atoms with Gasteiger partial charge in [-0.25, -0.2) is 0 Å². The lowest BCUT2D eigenvalue weighted by Gasteiger charge is -2.21. The molecule has 0 N–H and O–H groups in total. The summed E-state index contributed by atoms with van der Waals surface area (Å²) in [6, 6.07) is 12.9. The maximum Gasteiger partial charge on any atom is 0.191 e. The monoisotopic (exact) mass is 508 g/mol. The van der Waals surface area contributed by atoms with Crippen LogP contribution >= 0.6 is 50.6 Å². The van der Waals surface area contributed by atoms with E-state index in [0.29, 0.717) is 5.41 Å². The van der Waals surface area contributed by atoms with Gasteiger partial charge in [0.2, 0.25) is 0 Å². The lowest BCUT2D eigenvalue weighted by molar-refractivity contribution is 0.299. The molecule has 0 spiro atoms. The van der Waals surface area contributed by atoms with E-state index in [9.17, 15) is 0 Å². The van der Waals surface area contributed by atoms with Gasteiger partial charge in [-0.1, -0.05) is 51.4 Å². The summed E-state index contributed by atoms with van der Waals surface area (Å²) in [5.41, 5.74) is 1.94. The van der Waals surface area contributed by atoms with E-state index in [0.717, 1.165) is 42.9 Å². The van der Waals surface area contributed by atoms with Crippen LogP contribution in [0.3, 0.4) is 0 Å². The van der Waals surface area contributed by atoms with Crippen molar-refractivity contribution in [2.24, 2.45) is 13.0 Å². The van der Waals surface area contributed by atoms with E-state index in [-0.39, 0.29) is 0 Å². The standard InChI is InChI=1S/C21H22BrClN4S2/c1-26-19(17-7-8-18(23)29-17)24-25-20(26)28-10-2-9-27-12-15-11-21(15,13-27)14-3-5-16(22)6-4-14/h3-8,15H,2,9-13H2,1H3/t15-,21-/m0/s1. The molecule has 152 valence electrons. The molecule has 0 radical (unpaired) electrons. The summed E-state index contributed by atoms with van der Waals surface area (Å²) in [5.74, 6) is 2.79. The minimum atomic E-state index is 0.425. The molecule has 0 bridgehead atoms. The highest BCUT2D eigenvalue weighted by Crippen LogP contribution is 2.59. The van der Waals surface area contributed by atoms with E-state index >= 15 is 0 Å². The Morgan fingerprint density at radius 2 is 2.07 bits per heavy atom. The Kier molecular flexibility index (Phi) is 5.54. The SMILES string of the molecule is Cn1c(SCCCN2C[C@@H]3C[C@@]3(c3ccc(Br)cc3)C2)nnc1-c1ccc(Cl)s1. The Morgan fingerprint density at radius 3 is 2.83 bits per heavy atom. The fourth-order valence-electron chi connectivity index (χ4n) is 4.53. The Morgan fingerprint density at radius 1 is 1.24 bits per heavy atom. The summed E-state index contributed by atoms with van der Waals surface area (Å²) in [6.07, 6.45) is 2.52. The predicted octanol–water partition coefficient (Wildman–Crippen LogP) is 5.72. The molecule has 2 aliphatic rings. The number of fused-ring (bicyclic) bond motifs is 1. The molecule has 1 aliphatic heterocycles. The van der Waals surface area contributed by atoms with Crippen molar-refractivity contribution in [3.63, 3.8) is 0 Å². The number of piperidine rings is 1. The summed E-state index contributed by atoms with van der Waals surface area (Å²) in [4.78, 5) is 3.71. The second-order valence-corrected chi connectivity index (χ2v) is 11.7. The molecule has 3 aromatic rings. The quantitative estimate of drug-likeness (QED) is 0.301. The van der Waals surface area contributed by atoms with Crippen molar-refractivity contribution in [1.29, 1.82) is 0 Å². The number of halogens is 2. The Labute approximate surface area is 192 Å². The fraction of sp³-hybridized carbons (Fsp3) is 0.429. The van der Waals surface area contributed by atoms with Gasteiger partial charge in [-0.3, -0.25) is 0 Å². The smallest absolute Gasteiger partial charge is 0.191 e.